The fourth-order valence-electron chi connectivity index (χ4n) is 1.02. The summed E-state index contributed by atoms with van der Waals surface area (Å²) in [5, 5.41) is 11.6. The van der Waals surface area contributed by atoms with Gasteiger partial charge < -0.3 is 20.9 Å². The van der Waals surface area contributed by atoms with E-state index in [2.05, 4.69) is 30.2 Å². The van der Waals surface area contributed by atoms with Gasteiger partial charge in [-0.2, -0.15) is 0 Å². The van der Waals surface area contributed by atoms with Gasteiger partial charge in [-0.1, -0.05) is 12.6 Å². The van der Waals surface area contributed by atoms with E-state index < -0.39 is 5.97 Å². The molecule has 7 heteroatoms. The number of hydrogen-bond donors (Lipinski definition) is 4. The Morgan fingerprint density at radius 3 is 2.88 bits per heavy atom. The van der Waals surface area contributed by atoms with Crippen LogP contribution >= 0.6 is 24.8 Å². The number of nitrogens with two attached hydrogens (primary N) is 1. The van der Waals surface area contributed by atoms with Crippen molar-refractivity contribution in [3.63, 3.8) is 0 Å². The number of carboxylic acids is 1. The second kappa shape index (κ2) is 5.57. The van der Waals surface area contributed by atoms with Gasteiger partial charge in [0.05, 0.1) is 16.9 Å². The molecule has 16 heavy (non-hydrogen) atoms. The normalized spacial score (nSPS) is 9.56. The Balaban J connectivity index is 2.74. The molecule has 0 saturated carbocycles. The van der Waals surface area contributed by atoms with Crippen LogP contribution in [-0.4, -0.2) is 22.2 Å². The van der Waals surface area contributed by atoms with Crippen LogP contribution in [0.25, 0.3) is 0 Å². The number of nitrogen functional groups attached to an aromatic ring is 1. The summed E-state index contributed by atoms with van der Waals surface area (Å²) in [6, 6.07) is 4.35. The highest BCUT2D eigenvalue weighted by Gasteiger charge is 2.06. The second-order valence-electron chi connectivity index (χ2n) is 2.84. The SMILES string of the molecule is Nc1ccc(C(=O)O)cc1NCOC(=S)S. The topological polar surface area (TPSA) is 84.6 Å². The van der Waals surface area contributed by atoms with Gasteiger partial charge in [0.15, 0.2) is 6.73 Å². The Kier molecular flexibility index (Phi) is 4.39. The van der Waals surface area contributed by atoms with Crippen molar-refractivity contribution >= 4 is 46.6 Å². The first-order chi connectivity index (χ1) is 7.50. The molecule has 1 aromatic rings. The standard InChI is InChI=1S/C9H10N2O3S2/c10-6-2-1-5(8(12)13)3-7(6)11-4-14-9(15)16/h1-3,11H,4,10H2,(H,12,13)(H,15,16). The molecule has 0 aromatic heterocycles. The summed E-state index contributed by atoms with van der Waals surface area (Å²) in [6.07, 6.45) is 0. The van der Waals surface area contributed by atoms with Gasteiger partial charge in [-0.25, -0.2) is 4.79 Å². The van der Waals surface area contributed by atoms with E-state index >= 15 is 0 Å². The summed E-state index contributed by atoms with van der Waals surface area (Å²) in [4.78, 5) is 10.7. The molecule has 0 unspecified atom stereocenters. The number of benzene rings is 1. The second-order valence-corrected chi connectivity index (χ2v) is 3.92. The number of ether oxygens (including phenoxy) is 1. The first-order valence-corrected chi connectivity index (χ1v) is 5.08. The maximum atomic E-state index is 10.7. The van der Waals surface area contributed by atoms with Crippen molar-refractivity contribution in [3.8, 4) is 0 Å². The molecule has 86 valence electrons. The molecule has 0 amide bonds. The lowest BCUT2D eigenvalue weighted by Gasteiger charge is -2.10. The van der Waals surface area contributed by atoms with Crippen LogP contribution in [0.3, 0.4) is 0 Å². The first kappa shape index (κ1) is 12.6. The minimum atomic E-state index is -1.02. The average Bonchev–Trinajstić information content (AvgIpc) is 2.20. The molecule has 0 spiro atoms. The van der Waals surface area contributed by atoms with E-state index in [1.807, 2.05) is 0 Å². The Labute approximate surface area is 103 Å². The van der Waals surface area contributed by atoms with Crippen molar-refractivity contribution in [2.24, 2.45) is 0 Å². The van der Waals surface area contributed by atoms with Crippen LogP contribution in [0.4, 0.5) is 11.4 Å². The molecule has 4 N–H and O–H groups in total. The lowest BCUT2D eigenvalue weighted by molar-refractivity contribution is 0.0697. The zero-order chi connectivity index (χ0) is 12.1. The Hall–Kier alpha value is -1.47. The number of nitrogens with one attached hydrogen (secondary N) is 1. The fourth-order valence-corrected chi connectivity index (χ4v) is 1.14. The third-order valence-corrected chi connectivity index (χ3v) is 2.01. The van der Waals surface area contributed by atoms with Gasteiger partial charge in [0.1, 0.15) is 0 Å². The van der Waals surface area contributed by atoms with Crippen molar-refractivity contribution < 1.29 is 14.6 Å². The monoisotopic (exact) mass is 258 g/mol. The predicted octanol–water partition coefficient (Wildman–Crippen LogP) is 1.57. The lowest BCUT2D eigenvalue weighted by Crippen LogP contribution is -2.10. The summed E-state index contributed by atoms with van der Waals surface area (Å²) < 4.78 is 4.98. The molecule has 0 atom stereocenters. The van der Waals surface area contributed by atoms with Gasteiger partial charge >= 0.3 is 5.97 Å². The number of hydrogen-bond acceptors (Lipinski definition) is 5. The smallest absolute Gasteiger partial charge is 0.335 e. The van der Waals surface area contributed by atoms with Crippen molar-refractivity contribution in [2.45, 2.75) is 0 Å². The Bertz CT molecular complexity index is 423. The molecule has 0 heterocycles. The minimum absolute atomic E-state index is 0.0790. The Morgan fingerprint density at radius 2 is 2.31 bits per heavy atom. The molecule has 0 bridgehead atoms. The third-order valence-electron chi connectivity index (χ3n) is 1.76. The van der Waals surface area contributed by atoms with Crippen molar-refractivity contribution in [3.05, 3.63) is 23.8 Å². The minimum Gasteiger partial charge on any atom is -0.478 e. The first-order valence-electron chi connectivity index (χ1n) is 4.23. The van der Waals surface area contributed by atoms with Gasteiger partial charge in [-0.3, -0.25) is 0 Å². The zero-order valence-corrected chi connectivity index (χ0v) is 9.85. The van der Waals surface area contributed by atoms with Crippen LogP contribution in [0.1, 0.15) is 10.4 Å². The summed E-state index contributed by atoms with van der Waals surface area (Å²) in [6.45, 7) is 0.0790. The van der Waals surface area contributed by atoms with Crippen LogP contribution in [0.2, 0.25) is 0 Å². The predicted molar refractivity (Wildman–Crippen MR) is 69.0 cm³/mol. The molecule has 1 aromatic carbocycles. The van der Waals surface area contributed by atoms with E-state index in [1.54, 1.807) is 0 Å². The third kappa shape index (κ3) is 3.59. The summed E-state index contributed by atoms with van der Waals surface area (Å²) in [7, 11) is 0. The molecule has 1 rings (SSSR count). The Morgan fingerprint density at radius 1 is 1.62 bits per heavy atom. The van der Waals surface area contributed by atoms with E-state index in [1.165, 1.54) is 18.2 Å². The molecule has 5 nitrogen and oxygen atoms in total. The van der Waals surface area contributed by atoms with Crippen LogP contribution in [0.5, 0.6) is 0 Å². The van der Waals surface area contributed by atoms with Crippen LogP contribution in [-0.2, 0) is 4.74 Å². The fraction of sp³-hybridized carbons (Fsp3) is 0.111. The summed E-state index contributed by atoms with van der Waals surface area (Å²) >= 11 is 8.36. The summed E-state index contributed by atoms with van der Waals surface area (Å²) in [5.41, 5.74) is 6.69. The van der Waals surface area contributed by atoms with Crippen molar-refractivity contribution in [2.75, 3.05) is 17.8 Å². The highest BCUT2D eigenvalue weighted by molar-refractivity contribution is 8.10. The molecular weight excluding hydrogens is 248 g/mol. The van der Waals surface area contributed by atoms with Gasteiger partial charge in [0.25, 0.3) is 0 Å². The van der Waals surface area contributed by atoms with Gasteiger partial charge in [-0.15, -0.1) is 0 Å². The van der Waals surface area contributed by atoms with E-state index in [-0.39, 0.29) is 16.7 Å². The highest BCUT2D eigenvalue weighted by Crippen LogP contribution is 2.19. The number of aromatic carboxylic acids is 1. The molecule has 0 radical (unpaired) electrons. The number of anilines is 2. The van der Waals surface area contributed by atoms with E-state index in [0.29, 0.717) is 11.4 Å². The molecule has 0 fully saturated rings. The van der Waals surface area contributed by atoms with Crippen LogP contribution in [0.15, 0.2) is 18.2 Å². The van der Waals surface area contributed by atoms with Crippen LogP contribution < -0.4 is 11.1 Å². The maximum absolute atomic E-state index is 10.7. The molecular formula is C9H10N2O3S2. The number of rotatable bonds is 4. The molecule has 0 saturated heterocycles. The maximum Gasteiger partial charge on any atom is 0.335 e. The molecule has 0 aliphatic heterocycles. The molecule has 0 aliphatic rings. The number of carbonyl (C=O) groups is 1. The van der Waals surface area contributed by atoms with Crippen LogP contribution in [0, 0.1) is 0 Å². The largest absolute Gasteiger partial charge is 0.478 e. The van der Waals surface area contributed by atoms with E-state index in [0.717, 1.165) is 0 Å². The van der Waals surface area contributed by atoms with Gasteiger partial charge in [-0.05, 0) is 30.4 Å². The highest BCUT2D eigenvalue weighted by atomic mass is 32.1. The average molecular weight is 258 g/mol. The van der Waals surface area contributed by atoms with E-state index in [9.17, 15) is 4.79 Å². The summed E-state index contributed by atoms with van der Waals surface area (Å²) in [5.74, 6) is -1.02. The zero-order valence-electron chi connectivity index (χ0n) is 8.14. The number of carboxylic acid groups (broad SMARTS) is 1. The van der Waals surface area contributed by atoms with E-state index in [4.69, 9.17) is 15.6 Å². The van der Waals surface area contributed by atoms with Crippen molar-refractivity contribution in [1.82, 2.24) is 0 Å². The molecule has 0 aliphatic carbocycles. The quantitative estimate of drug-likeness (QED) is 0.284. The van der Waals surface area contributed by atoms with Crippen molar-refractivity contribution in [1.29, 1.82) is 0 Å². The number of thiocarbonyl (C=S) groups is 1. The number of thiol groups is 1. The van der Waals surface area contributed by atoms with Gasteiger partial charge in [0, 0.05) is 0 Å². The van der Waals surface area contributed by atoms with Gasteiger partial charge in [0.2, 0.25) is 4.38 Å². The lowest BCUT2D eigenvalue weighted by atomic mass is 10.2.